The van der Waals surface area contributed by atoms with Crippen molar-refractivity contribution in [1.29, 1.82) is 0 Å². The highest BCUT2D eigenvalue weighted by molar-refractivity contribution is 7.13. The molecule has 0 fully saturated rings. The van der Waals surface area contributed by atoms with Crippen LogP contribution in [0.25, 0.3) is 0 Å². The van der Waals surface area contributed by atoms with Crippen LogP contribution >= 0.6 is 11.3 Å². The zero-order valence-electron chi connectivity index (χ0n) is 10.3. The number of hydrogen-bond donors (Lipinski definition) is 1. The van der Waals surface area contributed by atoms with E-state index >= 15 is 0 Å². The summed E-state index contributed by atoms with van der Waals surface area (Å²) >= 11 is 1.24. The van der Waals surface area contributed by atoms with Gasteiger partial charge in [-0.1, -0.05) is 11.3 Å². The van der Waals surface area contributed by atoms with Crippen LogP contribution in [0.5, 0.6) is 16.7 Å². The lowest BCUT2D eigenvalue weighted by Crippen LogP contribution is -2.16. The molecule has 1 heterocycles. The predicted molar refractivity (Wildman–Crippen MR) is 66.0 cm³/mol. The van der Waals surface area contributed by atoms with E-state index in [0.29, 0.717) is 16.6 Å². The number of aryl methyl sites for hydroxylation is 1. The minimum atomic E-state index is -4.72. The first-order valence-electron chi connectivity index (χ1n) is 5.48. The summed E-state index contributed by atoms with van der Waals surface area (Å²) in [6.45, 7) is 1.60. The van der Waals surface area contributed by atoms with Crippen molar-refractivity contribution >= 4 is 11.3 Å². The van der Waals surface area contributed by atoms with Crippen LogP contribution in [0.15, 0.2) is 24.3 Å². The first-order chi connectivity index (χ1) is 9.37. The summed E-state index contributed by atoms with van der Waals surface area (Å²) in [7, 11) is 0. The van der Waals surface area contributed by atoms with Crippen LogP contribution in [0.4, 0.5) is 13.2 Å². The molecule has 8 heteroatoms. The molecule has 0 aliphatic rings. The molecule has 1 N–H and O–H groups in total. The number of rotatable bonds is 4. The van der Waals surface area contributed by atoms with Crippen LogP contribution in [-0.4, -0.2) is 16.5 Å². The summed E-state index contributed by atoms with van der Waals surface area (Å²) in [6.07, 6.45) is -4.72. The van der Waals surface area contributed by atoms with E-state index in [0.717, 1.165) is 17.0 Å². The van der Waals surface area contributed by atoms with Crippen LogP contribution in [0.3, 0.4) is 0 Å². The quantitative estimate of drug-likeness (QED) is 0.937. The van der Waals surface area contributed by atoms with E-state index in [1.165, 1.54) is 23.5 Å². The van der Waals surface area contributed by atoms with Gasteiger partial charge in [-0.05, 0) is 31.2 Å². The van der Waals surface area contributed by atoms with Crippen molar-refractivity contribution in [1.82, 2.24) is 4.98 Å². The van der Waals surface area contributed by atoms with Gasteiger partial charge in [-0.2, -0.15) is 0 Å². The van der Waals surface area contributed by atoms with E-state index < -0.39 is 6.36 Å². The Labute approximate surface area is 116 Å². The number of hydrogen-bond acceptors (Lipinski definition) is 5. The van der Waals surface area contributed by atoms with Crippen molar-refractivity contribution in [2.75, 3.05) is 0 Å². The normalized spacial score (nSPS) is 11.4. The van der Waals surface area contributed by atoms with Crippen LogP contribution in [0.2, 0.25) is 0 Å². The van der Waals surface area contributed by atoms with Gasteiger partial charge in [0.15, 0.2) is 0 Å². The molecule has 0 spiro atoms. The molecule has 0 saturated carbocycles. The lowest BCUT2D eigenvalue weighted by molar-refractivity contribution is -0.274. The summed E-state index contributed by atoms with van der Waals surface area (Å²) < 4.78 is 45.1. The molecule has 0 bridgehead atoms. The second kappa shape index (κ2) is 5.68. The van der Waals surface area contributed by atoms with Crippen molar-refractivity contribution in [3.63, 3.8) is 0 Å². The molecule has 0 amide bonds. The van der Waals surface area contributed by atoms with Crippen LogP contribution < -0.4 is 9.47 Å². The van der Waals surface area contributed by atoms with E-state index in [4.69, 9.17) is 9.84 Å². The summed E-state index contributed by atoms with van der Waals surface area (Å²) in [5, 5.41) is 9.32. The molecule has 0 unspecified atom stereocenters. The maximum atomic E-state index is 12.0. The van der Waals surface area contributed by atoms with Crippen molar-refractivity contribution in [2.45, 2.75) is 19.9 Å². The fourth-order valence-corrected chi connectivity index (χ4v) is 2.19. The van der Waals surface area contributed by atoms with Crippen molar-refractivity contribution in [2.24, 2.45) is 0 Å². The Kier molecular flexibility index (Phi) is 4.15. The molecule has 2 rings (SSSR count). The van der Waals surface area contributed by atoms with Crippen LogP contribution in [-0.2, 0) is 6.61 Å². The number of aliphatic hydroxyl groups excluding tert-OH is 1. The zero-order valence-corrected chi connectivity index (χ0v) is 11.1. The maximum absolute atomic E-state index is 12.0. The average molecular weight is 305 g/mol. The largest absolute Gasteiger partial charge is 0.573 e. The van der Waals surface area contributed by atoms with Crippen molar-refractivity contribution in [3.8, 4) is 16.7 Å². The summed E-state index contributed by atoms with van der Waals surface area (Å²) in [4.78, 5) is 4.86. The topological polar surface area (TPSA) is 51.6 Å². The molecule has 0 saturated heterocycles. The number of halogens is 3. The van der Waals surface area contributed by atoms with E-state index in [9.17, 15) is 13.2 Å². The Balaban J connectivity index is 2.06. The van der Waals surface area contributed by atoms with E-state index in [1.54, 1.807) is 6.92 Å². The second-order valence-corrected chi connectivity index (χ2v) is 4.93. The third kappa shape index (κ3) is 3.84. The van der Waals surface area contributed by atoms with Gasteiger partial charge in [-0.25, -0.2) is 4.98 Å². The summed E-state index contributed by atoms with van der Waals surface area (Å²) in [6, 6.07) is 4.99. The lowest BCUT2D eigenvalue weighted by atomic mass is 10.3. The molecule has 0 atom stereocenters. The Hall–Kier alpha value is -1.80. The number of nitrogens with zero attached hydrogens (tertiary/aromatic N) is 1. The van der Waals surface area contributed by atoms with Crippen LogP contribution in [0.1, 0.15) is 10.6 Å². The Morgan fingerprint density at radius 3 is 2.30 bits per heavy atom. The van der Waals surface area contributed by atoms with Crippen molar-refractivity contribution < 1.29 is 27.8 Å². The van der Waals surface area contributed by atoms with Gasteiger partial charge in [-0.15, -0.1) is 13.2 Å². The van der Waals surface area contributed by atoms with Gasteiger partial charge in [-0.3, -0.25) is 0 Å². The molecule has 0 radical (unpaired) electrons. The van der Waals surface area contributed by atoms with Gasteiger partial charge in [0.1, 0.15) is 11.5 Å². The number of aliphatic hydroxyl groups is 1. The number of thiazole rings is 1. The van der Waals surface area contributed by atoms with Gasteiger partial charge in [0.25, 0.3) is 5.19 Å². The van der Waals surface area contributed by atoms with Gasteiger partial charge < -0.3 is 14.6 Å². The van der Waals surface area contributed by atoms with Crippen LogP contribution in [0, 0.1) is 6.92 Å². The molecular weight excluding hydrogens is 295 g/mol. The van der Waals surface area contributed by atoms with Gasteiger partial charge in [0, 0.05) is 4.88 Å². The molecule has 2 aromatic rings. The number of aromatic nitrogens is 1. The highest BCUT2D eigenvalue weighted by Crippen LogP contribution is 2.30. The third-order valence-corrected chi connectivity index (χ3v) is 3.18. The molecule has 1 aromatic carbocycles. The van der Waals surface area contributed by atoms with E-state index in [1.807, 2.05) is 0 Å². The van der Waals surface area contributed by atoms with E-state index in [2.05, 4.69) is 9.72 Å². The molecular formula is C12H10F3NO3S. The first kappa shape index (κ1) is 14.6. The van der Waals surface area contributed by atoms with E-state index in [-0.39, 0.29) is 12.4 Å². The number of alkyl halides is 3. The average Bonchev–Trinajstić information content (AvgIpc) is 2.70. The SMILES string of the molecule is Cc1sc(Oc2ccc(OC(F)(F)F)cc2)nc1CO. The molecule has 4 nitrogen and oxygen atoms in total. The van der Waals surface area contributed by atoms with Crippen molar-refractivity contribution in [3.05, 3.63) is 34.8 Å². The maximum Gasteiger partial charge on any atom is 0.573 e. The molecule has 20 heavy (non-hydrogen) atoms. The highest BCUT2D eigenvalue weighted by Gasteiger charge is 2.30. The minimum absolute atomic E-state index is 0.190. The molecule has 108 valence electrons. The number of benzene rings is 1. The zero-order chi connectivity index (χ0) is 14.8. The predicted octanol–water partition coefficient (Wildman–Crippen LogP) is 3.63. The summed E-state index contributed by atoms with van der Waals surface area (Å²) in [5.74, 6) is 0.00832. The first-order valence-corrected chi connectivity index (χ1v) is 6.30. The Morgan fingerprint density at radius 2 is 1.80 bits per heavy atom. The minimum Gasteiger partial charge on any atom is -0.431 e. The third-order valence-electron chi connectivity index (χ3n) is 2.29. The Bertz CT molecular complexity index is 581. The fraction of sp³-hybridized carbons (Fsp3) is 0.250. The van der Waals surface area contributed by atoms with Gasteiger partial charge in [0.05, 0.1) is 12.3 Å². The summed E-state index contributed by atoms with van der Waals surface area (Å²) in [5.41, 5.74) is 0.516. The van der Waals surface area contributed by atoms with Gasteiger partial charge >= 0.3 is 6.36 Å². The lowest BCUT2D eigenvalue weighted by Gasteiger charge is -2.09. The Morgan fingerprint density at radius 1 is 1.20 bits per heavy atom. The standard InChI is InChI=1S/C12H10F3NO3S/c1-7-10(6-17)16-11(20-7)18-8-2-4-9(5-3-8)19-12(13,14)15/h2-5,17H,6H2,1H3. The number of ether oxygens (including phenoxy) is 2. The smallest absolute Gasteiger partial charge is 0.431 e. The van der Waals surface area contributed by atoms with Gasteiger partial charge in [0.2, 0.25) is 0 Å². The molecule has 0 aliphatic carbocycles. The highest BCUT2D eigenvalue weighted by atomic mass is 32.1. The fourth-order valence-electron chi connectivity index (χ4n) is 1.40. The molecule has 0 aliphatic heterocycles. The second-order valence-electron chi connectivity index (χ2n) is 3.76. The molecule has 1 aromatic heterocycles. The monoisotopic (exact) mass is 305 g/mol.